The van der Waals surface area contributed by atoms with Crippen molar-refractivity contribution in [2.24, 2.45) is 0 Å². The second kappa shape index (κ2) is 8.98. The van der Waals surface area contributed by atoms with Gasteiger partial charge in [-0.15, -0.1) is 11.3 Å². The van der Waals surface area contributed by atoms with Crippen LogP contribution in [0, 0.1) is 13.8 Å². The van der Waals surface area contributed by atoms with Gasteiger partial charge >= 0.3 is 0 Å². The summed E-state index contributed by atoms with van der Waals surface area (Å²) >= 11 is 1.48. The van der Waals surface area contributed by atoms with Crippen LogP contribution in [0.3, 0.4) is 0 Å². The number of carbonyl (C=O) groups is 2. The van der Waals surface area contributed by atoms with Gasteiger partial charge in [-0.2, -0.15) is 0 Å². The summed E-state index contributed by atoms with van der Waals surface area (Å²) in [5.74, 6) is 1.14. The lowest BCUT2D eigenvalue weighted by Gasteiger charge is -2.36. The maximum atomic E-state index is 13.2. The summed E-state index contributed by atoms with van der Waals surface area (Å²) in [6.45, 7) is 11.1. The van der Waals surface area contributed by atoms with Gasteiger partial charge in [-0.05, 0) is 38.7 Å². The fraction of sp³-hybridized carbons (Fsp3) is 0.636. The standard InChI is InChI=1S/C22H31N5O2S/c1-4-17-23-16(3)19-15(2)20(30-21(19)24-17)22(29)27-12-10-25(11-13-27)14-18(28)26-8-6-5-7-9-26/h4-14H2,1-3H3. The number of thiophene rings is 1. The summed E-state index contributed by atoms with van der Waals surface area (Å²) in [5.41, 5.74) is 1.94. The Morgan fingerprint density at radius 2 is 1.63 bits per heavy atom. The van der Waals surface area contributed by atoms with Gasteiger partial charge in [0.2, 0.25) is 5.91 Å². The number of nitrogens with zero attached hydrogens (tertiary/aromatic N) is 5. The van der Waals surface area contributed by atoms with E-state index in [2.05, 4.69) is 14.9 Å². The fourth-order valence-corrected chi connectivity index (χ4v) is 5.66. The molecule has 30 heavy (non-hydrogen) atoms. The molecular formula is C22H31N5O2S. The summed E-state index contributed by atoms with van der Waals surface area (Å²) in [7, 11) is 0. The average Bonchev–Trinajstić information content (AvgIpc) is 3.11. The van der Waals surface area contributed by atoms with Crippen LogP contribution in [0.15, 0.2) is 0 Å². The first-order valence-electron chi connectivity index (χ1n) is 11.0. The van der Waals surface area contributed by atoms with Crippen molar-refractivity contribution in [3.63, 3.8) is 0 Å². The van der Waals surface area contributed by atoms with Crippen LogP contribution in [0.4, 0.5) is 0 Å². The van der Waals surface area contributed by atoms with Gasteiger partial charge in [0.05, 0.1) is 11.4 Å². The predicted octanol–water partition coefficient (Wildman–Crippen LogP) is 2.64. The second-order valence-electron chi connectivity index (χ2n) is 8.32. The highest BCUT2D eigenvalue weighted by atomic mass is 32.1. The topological polar surface area (TPSA) is 69.6 Å². The van der Waals surface area contributed by atoms with Crippen molar-refractivity contribution < 1.29 is 9.59 Å². The molecule has 162 valence electrons. The summed E-state index contributed by atoms with van der Waals surface area (Å²) in [5, 5.41) is 1.02. The van der Waals surface area contributed by atoms with E-state index in [1.807, 2.05) is 30.6 Å². The first-order valence-corrected chi connectivity index (χ1v) is 11.9. The van der Waals surface area contributed by atoms with Crippen molar-refractivity contribution >= 4 is 33.4 Å². The fourth-order valence-electron chi connectivity index (χ4n) is 4.44. The first kappa shape index (κ1) is 21.2. The van der Waals surface area contributed by atoms with Crippen LogP contribution in [0.5, 0.6) is 0 Å². The lowest BCUT2D eigenvalue weighted by atomic mass is 10.1. The zero-order chi connectivity index (χ0) is 21.3. The Bertz CT molecular complexity index is 943. The Kier molecular flexibility index (Phi) is 6.34. The molecule has 2 saturated heterocycles. The predicted molar refractivity (Wildman–Crippen MR) is 119 cm³/mol. The van der Waals surface area contributed by atoms with Crippen molar-refractivity contribution in [2.75, 3.05) is 45.8 Å². The van der Waals surface area contributed by atoms with Crippen LogP contribution >= 0.6 is 11.3 Å². The molecule has 4 heterocycles. The van der Waals surface area contributed by atoms with Gasteiger partial charge in [0.1, 0.15) is 10.7 Å². The minimum Gasteiger partial charge on any atom is -0.342 e. The molecule has 0 saturated carbocycles. The first-order chi connectivity index (χ1) is 14.5. The third-order valence-electron chi connectivity index (χ3n) is 6.25. The lowest BCUT2D eigenvalue weighted by molar-refractivity contribution is -0.133. The molecule has 0 radical (unpaired) electrons. The minimum atomic E-state index is 0.0787. The van der Waals surface area contributed by atoms with Crippen molar-refractivity contribution in [1.82, 2.24) is 24.7 Å². The molecule has 4 rings (SSSR count). The van der Waals surface area contributed by atoms with Crippen LogP contribution in [0.25, 0.3) is 10.2 Å². The van der Waals surface area contributed by atoms with E-state index in [0.717, 1.165) is 77.6 Å². The molecule has 8 heteroatoms. The second-order valence-corrected chi connectivity index (χ2v) is 9.32. The smallest absolute Gasteiger partial charge is 0.264 e. The van der Waals surface area contributed by atoms with Gasteiger partial charge in [0, 0.05) is 56.8 Å². The number of aryl methyl sites for hydroxylation is 3. The number of carbonyl (C=O) groups excluding carboxylic acids is 2. The Morgan fingerprint density at radius 1 is 0.933 bits per heavy atom. The maximum absolute atomic E-state index is 13.2. The van der Waals surface area contributed by atoms with Gasteiger partial charge in [-0.25, -0.2) is 9.97 Å². The highest BCUT2D eigenvalue weighted by Gasteiger charge is 2.28. The van der Waals surface area contributed by atoms with E-state index in [4.69, 9.17) is 0 Å². The van der Waals surface area contributed by atoms with Crippen molar-refractivity contribution in [1.29, 1.82) is 0 Å². The zero-order valence-corrected chi connectivity index (χ0v) is 19.1. The van der Waals surface area contributed by atoms with Gasteiger partial charge in [-0.3, -0.25) is 14.5 Å². The largest absolute Gasteiger partial charge is 0.342 e. The van der Waals surface area contributed by atoms with Crippen molar-refractivity contribution in [2.45, 2.75) is 46.5 Å². The molecule has 0 N–H and O–H groups in total. The molecule has 0 atom stereocenters. The highest BCUT2D eigenvalue weighted by molar-refractivity contribution is 7.20. The van der Waals surface area contributed by atoms with Gasteiger partial charge in [0.15, 0.2) is 0 Å². The van der Waals surface area contributed by atoms with Gasteiger partial charge in [-0.1, -0.05) is 6.92 Å². The molecule has 0 aliphatic carbocycles. The number of piperidine rings is 1. The summed E-state index contributed by atoms with van der Waals surface area (Å²) in [6.07, 6.45) is 4.25. The van der Waals surface area contributed by atoms with Crippen LogP contribution < -0.4 is 0 Å². The van der Waals surface area contributed by atoms with E-state index in [-0.39, 0.29) is 11.8 Å². The lowest BCUT2D eigenvalue weighted by Crippen LogP contribution is -2.52. The number of fused-ring (bicyclic) bond motifs is 1. The number of amides is 2. The normalized spacial score (nSPS) is 18.2. The number of piperazine rings is 1. The van der Waals surface area contributed by atoms with Crippen LogP contribution in [0.2, 0.25) is 0 Å². The van der Waals surface area contributed by atoms with E-state index in [1.165, 1.54) is 17.8 Å². The van der Waals surface area contributed by atoms with E-state index in [9.17, 15) is 9.59 Å². The SMILES string of the molecule is CCc1nc(C)c2c(C)c(C(=O)N3CCN(CC(=O)N4CCCCC4)CC3)sc2n1. The summed E-state index contributed by atoms with van der Waals surface area (Å²) in [6, 6.07) is 0. The Balaban J connectivity index is 1.40. The molecule has 2 fully saturated rings. The number of aromatic nitrogens is 2. The minimum absolute atomic E-state index is 0.0787. The number of hydrogen-bond acceptors (Lipinski definition) is 6. The van der Waals surface area contributed by atoms with Gasteiger partial charge in [0.25, 0.3) is 5.91 Å². The third-order valence-corrected chi connectivity index (χ3v) is 7.43. The molecule has 2 aliphatic rings. The molecule has 0 spiro atoms. The molecular weight excluding hydrogens is 398 g/mol. The number of likely N-dealkylation sites (tertiary alicyclic amines) is 1. The molecule has 7 nitrogen and oxygen atoms in total. The molecule has 0 bridgehead atoms. The Labute approximate surface area is 182 Å². The van der Waals surface area contributed by atoms with E-state index >= 15 is 0 Å². The maximum Gasteiger partial charge on any atom is 0.264 e. The van der Waals surface area contributed by atoms with Crippen molar-refractivity contribution in [3.8, 4) is 0 Å². The van der Waals surface area contributed by atoms with Crippen LogP contribution in [-0.4, -0.2) is 82.3 Å². The summed E-state index contributed by atoms with van der Waals surface area (Å²) < 4.78 is 0. The van der Waals surface area contributed by atoms with Gasteiger partial charge < -0.3 is 9.80 Å². The zero-order valence-electron chi connectivity index (χ0n) is 18.2. The quantitative estimate of drug-likeness (QED) is 0.747. The summed E-state index contributed by atoms with van der Waals surface area (Å²) in [4.78, 5) is 42.7. The Hall–Kier alpha value is -2.06. The molecule has 0 aromatic carbocycles. The molecule has 2 amide bonds. The highest BCUT2D eigenvalue weighted by Crippen LogP contribution is 2.32. The van der Waals surface area contributed by atoms with E-state index in [0.29, 0.717) is 19.6 Å². The monoisotopic (exact) mass is 429 g/mol. The van der Waals surface area contributed by atoms with Crippen LogP contribution in [-0.2, 0) is 11.2 Å². The number of hydrogen-bond donors (Lipinski definition) is 0. The molecule has 0 unspecified atom stereocenters. The molecule has 2 aliphatic heterocycles. The van der Waals surface area contributed by atoms with E-state index < -0.39 is 0 Å². The number of rotatable bonds is 4. The molecule has 2 aromatic heterocycles. The van der Waals surface area contributed by atoms with E-state index in [1.54, 1.807) is 0 Å². The Morgan fingerprint density at radius 3 is 2.30 bits per heavy atom. The van der Waals surface area contributed by atoms with Crippen LogP contribution in [0.1, 0.15) is 52.9 Å². The molecule has 2 aromatic rings. The van der Waals surface area contributed by atoms with Crippen molar-refractivity contribution in [3.05, 3.63) is 22.0 Å². The third kappa shape index (κ3) is 4.21. The average molecular weight is 430 g/mol.